The molecule has 0 N–H and O–H groups in total. The molecule has 1 heterocycles. The lowest BCUT2D eigenvalue weighted by Crippen LogP contribution is -2.17. The molecule has 11 heteroatoms. The summed E-state index contributed by atoms with van der Waals surface area (Å²) in [5, 5.41) is 0. The van der Waals surface area contributed by atoms with Crippen LogP contribution in [0, 0.1) is 0 Å². The third kappa shape index (κ3) is 5.90. The topological polar surface area (TPSA) is 57.7 Å². The minimum absolute atomic E-state index is 0.115. The molecule has 0 atom stereocenters. The summed E-state index contributed by atoms with van der Waals surface area (Å²) in [6.07, 6.45) is -9.80. The second kappa shape index (κ2) is 8.77. The lowest BCUT2D eigenvalue weighted by Gasteiger charge is -2.13. The fourth-order valence-corrected chi connectivity index (χ4v) is 2.82. The van der Waals surface area contributed by atoms with Crippen LogP contribution >= 0.6 is 0 Å². The number of rotatable bonds is 5. The van der Waals surface area contributed by atoms with Crippen molar-refractivity contribution in [1.82, 2.24) is 4.98 Å². The fraction of sp³-hybridized carbons (Fsp3) is 0.143. The number of nitrogens with zero attached hydrogens (tertiary/aromatic N) is 1. The molecular formula is C21H13F6NO4. The molecule has 0 aliphatic rings. The molecule has 0 amide bonds. The van der Waals surface area contributed by atoms with Crippen LogP contribution in [0.2, 0.25) is 0 Å². The van der Waals surface area contributed by atoms with E-state index in [1.165, 1.54) is 36.4 Å². The van der Waals surface area contributed by atoms with Crippen LogP contribution in [-0.2, 0) is 4.74 Å². The Morgan fingerprint density at radius 1 is 0.781 bits per heavy atom. The molecule has 1 aromatic heterocycles. The van der Waals surface area contributed by atoms with Crippen molar-refractivity contribution in [2.45, 2.75) is 12.7 Å². The van der Waals surface area contributed by atoms with Gasteiger partial charge in [-0.1, -0.05) is 24.3 Å². The van der Waals surface area contributed by atoms with Crippen molar-refractivity contribution >= 4 is 5.97 Å². The molecule has 0 aliphatic heterocycles. The van der Waals surface area contributed by atoms with Crippen LogP contribution in [0.25, 0.3) is 22.4 Å². The van der Waals surface area contributed by atoms with Gasteiger partial charge in [0.25, 0.3) is 0 Å². The zero-order chi connectivity index (χ0) is 23.5. The Morgan fingerprint density at radius 2 is 1.31 bits per heavy atom. The number of methoxy groups -OCH3 is 1. The van der Waals surface area contributed by atoms with Crippen molar-refractivity contribution in [3.05, 3.63) is 66.4 Å². The van der Waals surface area contributed by atoms with Gasteiger partial charge in [0.05, 0.1) is 12.8 Å². The van der Waals surface area contributed by atoms with E-state index in [4.69, 9.17) is 4.74 Å². The van der Waals surface area contributed by atoms with Crippen molar-refractivity contribution in [2.75, 3.05) is 7.11 Å². The van der Waals surface area contributed by atoms with Gasteiger partial charge < -0.3 is 14.2 Å². The first-order chi connectivity index (χ1) is 14.9. The molecule has 0 saturated heterocycles. The molecule has 3 aromatic rings. The van der Waals surface area contributed by atoms with Gasteiger partial charge in [0.15, 0.2) is 5.69 Å². The van der Waals surface area contributed by atoms with Gasteiger partial charge in [-0.25, -0.2) is 9.78 Å². The van der Waals surface area contributed by atoms with E-state index < -0.39 is 30.2 Å². The molecule has 0 unspecified atom stereocenters. The number of halogens is 6. The number of ether oxygens (including phenoxy) is 3. The Labute approximate surface area is 177 Å². The third-order valence-corrected chi connectivity index (χ3v) is 4.02. The summed E-state index contributed by atoms with van der Waals surface area (Å²) in [5.41, 5.74) is 0.384. The summed E-state index contributed by atoms with van der Waals surface area (Å²) in [6.45, 7) is 0. The van der Waals surface area contributed by atoms with E-state index in [-0.39, 0.29) is 28.1 Å². The molecule has 0 aliphatic carbocycles. The standard InChI is InChI=1S/C21H13F6NO4/c1-30-19(29)18-16(12-4-2-6-14(10-12)31-20(22,23)24)8-9-17(28-18)13-5-3-7-15(11-13)32-21(25,26)27/h2-11H,1H3. The Hall–Kier alpha value is -3.76. The van der Waals surface area contributed by atoms with E-state index in [0.29, 0.717) is 0 Å². The first-order valence-corrected chi connectivity index (χ1v) is 8.77. The van der Waals surface area contributed by atoms with E-state index in [0.717, 1.165) is 31.4 Å². The van der Waals surface area contributed by atoms with E-state index >= 15 is 0 Å². The zero-order valence-corrected chi connectivity index (χ0v) is 16.1. The van der Waals surface area contributed by atoms with Gasteiger partial charge in [-0.3, -0.25) is 0 Å². The highest BCUT2D eigenvalue weighted by Crippen LogP contribution is 2.32. The maximum atomic E-state index is 12.5. The summed E-state index contributed by atoms with van der Waals surface area (Å²) in [7, 11) is 1.08. The van der Waals surface area contributed by atoms with Crippen LogP contribution in [0.5, 0.6) is 11.5 Å². The van der Waals surface area contributed by atoms with E-state index in [1.54, 1.807) is 0 Å². The number of aromatic nitrogens is 1. The van der Waals surface area contributed by atoms with Gasteiger partial charge in [-0.05, 0) is 42.0 Å². The number of benzene rings is 2. The summed E-state index contributed by atoms with van der Waals surface area (Å²) in [6, 6.07) is 12.6. The highest BCUT2D eigenvalue weighted by atomic mass is 19.4. The molecule has 0 fully saturated rings. The van der Waals surface area contributed by atoms with Crippen LogP contribution in [-0.4, -0.2) is 30.8 Å². The predicted molar refractivity (Wildman–Crippen MR) is 99.8 cm³/mol. The first kappa shape index (κ1) is 22.9. The molecule has 0 radical (unpaired) electrons. The molecule has 168 valence electrons. The van der Waals surface area contributed by atoms with Gasteiger partial charge in [-0.15, -0.1) is 26.3 Å². The fourth-order valence-electron chi connectivity index (χ4n) is 2.82. The molecule has 2 aromatic carbocycles. The largest absolute Gasteiger partial charge is 0.573 e. The average Bonchev–Trinajstić information content (AvgIpc) is 2.70. The summed E-state index contributed by atoms with van der Waals surface area (Å²) >= 11 is 0. The normalized spacial score (nSPS) is 11.7. The smallest absolute Gasteiger partial charge is 0.464 e. The number of pyridine rings is 1. The van der Waals surface area contributed by atoms with E-state index in [1.807, 2.05) is 0 Å². The van der Waals surface area contributed by atoms with Crippen LogP contribution in [0.1, 0.15) is 10.5 Å². The van der Waals surface area contributed by atoms with Crippen LogP contribution in [0.3, 0.4) is 0 Å². The van der Waals surface area contributed by atoms with E-state index in [9.17, 15) is 31.1 Å². The number of alkyl halides is 6. The first-order valence-electron chi connectivity index (χ1n) is 8.77. The Kier molecular flexibility index (Phi) is 6.28. The van der Waals surface area contributed by atoms with Crippen molar-refractivity contribution in [3.8, 4) is 33.9 Å². The lowest BCUT2D eigenvalue weighted by atomic mass is 10.0. The highest BCUT2D eigenvalue weighted by molar-refractivity contribution is 5.96. The minimum atomic E-state index is -4.91. The maximum absolute atomic E-state index is 12.5. The number of carbonyl (C=O) groups excluding carboxylic acids is 1. The van der Waals surface area contributed by atoms with Crippen molar-refractivity contribution in [2.24, 2.45) is 0 Å². The molecule has 0 bridgehead atoms. The molecule has 3 rings (SSSR count). The summed E-state index contributed by atoms with van der Waals surface area (Å²) < 4.78 is 87.5. The van der Waals surface area contributed by atoms with Crippen LogP contribution < -0.4 is 9.47 Å². The van der Waals surface area contributed by atoms with Crippen molar-refractivity contribution in [3.63, 3.8) is 0 Å². The quantitative estimate of drug-likeness (QED) is 0.348. The van der Waals surface area contributed by atoms with Crippen molar-refractivity contribution < 1.29 is 45.3 Å². The number of hydrogen-bond acceptors (Lipinski definition) is 5. The minimum Gasteiger partial charge on any atom is -0.464 e. The van der Waals surface area contributed by atoms with Gasteiger partial charge in [0.2, 0.25) is 0 Å². The average molecular weight is 457 g/mol. The number of carbonyl (C=O) groups is 1. The van der Waals surface area contributed by atoms with Crippen molar-refractivity contribution in [1.29, 1.82) is 0 Å². The van der Waals surface area contributed by atoms with Crippen LogP contribution in [0.4, 0.5) is 26.3 Å². The van der Waals surface area contributed by atoms with Gasteiger partial charge >= 0.3 is 18.7 Å². The molecule has 0 spiro atoms. The Bertz CT molecular complexity index is 1130. The Balaban J connectivity index is 2.04. The number of esters is 1. The number of hydrogen-bond donors (Lipinski definition) is 0. The second-order valence-electron chi connectivity index (χ2n) is 6.24. The molecule has 0 saturated carbocycles. The molecule has 5 nitrogen and oxygen atoms in total. The van der Waals surface area contributed by atoms with E-state index in [2.05, 4.69) is 14.5 Å². The lowest BCUT2D eigenvalue weighted by molar-refractivity contribution is -0.275. The highest BCUT2D eigenvalue weighted by Gasteiger charge is 2.32. The van der Waals surface area contributed by atoms with Gasteiger partial charge in [-0.2, -0.15) is 0 Å². The monoisotopic (exact) mass is 457 g/mol. The third-order valence-electron chi connectivity index (χ3n) is 4.02. The Morgan fingerprint density at radius 3 is 1.84 bits per heavy atom. The van der Waals surface area contributed by atoms with Gasteiger partial charge in [0.1, 0.15) is 11.5 Å². The predicted octanol–water partition coefficient (Wildman–Crippen LogP) is 6.00. The summed E-state index contributed by atoms with van der Waals surface area (Å²) in [4.78, 5) is 16.4. The SMILES string of the molecule is COC(=O)c1nc(-c2cccc(OC(F)(F)F)c2)ccc1-c1cccc(OC(F)(F)F)c1. The second-order valence-corrected chi connectivity index (χ2v) is 6.24. The maximum Gasteiger partial charge on any atom is 0.573 e. The molecular weight excluding hydrogens is 444 g/mol. The molecule has 32 heavy (non-hydrogen) atoms. The summed E-state index contributed by atoms with van der Waals surface area (Å²) in [5.74, 6) is -1.89. The van der Waals surface area contributed by atoms with Gasteiger partial charge in [0, 0.05) is 11.1 Å². The zero-order valence-electron chi connectivity index (χ0n) is 16.1. The van der Waals surface area contributed by atoms with Crippen LogP contribution in [0.15, 0.2) is 60.7 Å².